The van der Waals surface area contributed by atoms with Gasteiger partial charge >= 0.3 is 5.97 Å². The number of likely N-dealkylation sites (N-methyl/N-ethyl adjacent to an activating group) is 1. The van der Waals surface area contributed by atoms with E-state index in [0.717, 1.165) is 12.0 Å². The lowest BCUT2D eigenvalue weighted by atomic mass is 10.0. The SMILES string of the molecule is CCC(c1ccc(Cl)cc1)N(C)CC(=O)O. The highest BCUT2D eigenvalue weighted by Crippen LogP contribution is 2.23. The van der Waals surface area contributed by atoms with E-state index in [2.05, 4.69) is 0 Å². The third-order valence-electron chi connectivity index (χ3n) is 2.56. The summed E-state index contributed by atoms with van der Waals surface area (Å²) in [5.74, 6) is -0.810. The van der Waals surface area contributed by atoms with Gasteiger partial charge in [-0.25, -0.2) is 0 Å². The first-order valence-electron chi connectivity index (χ1n) is 5.22. The van der Waals surface area contributed by atoms with Gasteiger partial charge in [-0.1, -0.05) is 30.7 Å². The van der Waals surface area contributed by atoms with E-state index in [9.17, 15) is 4.79 Å². The molecular formula is C12H16ClNO2. The summed E-state index contributed by atoms with van der Waals surface area (Å²) >= 11 is 5.82. The molecule has 16 heavy (non-hydrogen) atoms. The van der Waals surface area contributed by atoms with Gasteiger partial charge in [-0.05, 0) is 31.2 Å². The highest BCUT2D eigenvalue weighted by atomic mass is 35.5. The lowest BCUT2D eigenvalue weighted by Gasteiger charge is -2.25. The third kappa shape index (κ3) is 3.51. The lowest BCUT2D eigenvalue weighted by Crippen LogP contribution is -2.29. The Morgan fingerprint density at radius 2 is 2.00 bits per heavy atom. The van der Waals surface area contributed by atoms with E-state index >= 15 is 0 Å². The van der Waals surface area contributed by atoms with E-state index in [1.165, 1.54) is 0 Å². The maximum Gasteiger partial charge on any atom is 0.317 e. The van der Waals surface area contributed by atoms with Gasteiger partial charge in [-0.15, -0.1) is 0 Å². The Morgan fingerprint density at radius 1 is 1.44 bits per heavy atom. The highest BCUT2D eigenvalue weighted by molar-refractivity contribution is 6.30. The second-order valence-electron chi connectivity index (χ2n) is 3.78. The first-order valence-corrected chi connectivity index (χ1v) is 5.60. The van der Waals surface area contributed by atoms with Gasteiger partial charge in [0.2, 0.25) is 0 Å². The number of carboxylic acid groups (broad SMARTS) is 1. The first kappa shape index (κ1) is 13.0. The molecule has 0 fully saturated rings. The summed E-state index contributed by atoms with van der Waals surface area (Å²) in [6, 6.07) is 7.65. The number of hydrogen-bond donors (Lipinski definition) is 1. The van der Waals surface area contributed by atoms with Crippen molar-refractivity contribution in [3.8, 4) is 0 Å². The molecule has 1 aromatic rings. The van der Waals surface area contributed by atoms with Gasteiger partial charge in [0, 0.05) is 11.1 Å². The molecule has 0 aliphatic rings. The average molecular weight is 242 g/mol. The predicted molar refractivity (Wildman–Crippen MR) is 64.7 cm³/mol. The fraction of sp³-hybridized carbons (Fsp3) is 0.417. The van der Waals surface area contributed by atoms with Crippen molar-refractivity contribution in [3.63, 3.8) is 0 Å². The predicted octanol–water partition coefficient (Wildman–Crippen LogP) is 2.81. The molecule has 0 spiro atoms. The molecular weight excluding hydrogens is 226 g/mol. The zero-order valence-corrected chi connectivity index (χ0v) is 10.2. The van der Waals surface area contributed by atoms with Crippen LogP contribution in [-0.4, -0.2) is 29.6 Å². The van der Waals surface area contributed by atoms with Gasteiger partial charge in [0.1, 0.15) is 0 Å². The Labute approximate surface area is 101 Å². The highest BCUT2D eigenvalue weighted by Gasteiger charge is 2.16. The van der Waals surface area contributed by atoms with Crippen molar-refractivity contribution < 1.29 is 9.90 Å². The van der Waals surface area contributed by atoms with Crippen LogP contribution >= 0.6 is 11.6 Å². The van der Waals surface area contributed by atoms with Gasteiger partial charge in [0.15, 0.2) is 0 Å². The molecule has 88 valence electrons. The van der Waals surface area contributed by atoms with Gasteiger partial charge in [0.05, 0.1) is 6.54 Å². The first-order chi connectivity index (χ1) is 7.54. The van der Waals surface area contributed by atoms with Crippen LogP contribution < -0.4 is 0 Å². The van der Waals surface area contributed by atoms with Crippen LogP contribution in [0.25, 0.3) is 0 Å². The molecule has 0 aliphatic heterocycles. The minimum Gasteiger partial charge on any atom is -0.480 e. The van der Waals surface area contributed by atoms with Crippen LogP contribution in [-0.2, 0) is 4.79 Å². The molecule has 1 N–H and O–H groups in total. The van der Waals surface area contributed by atoms with Crippen LogP contribution in [0.3, 0.4) is 0 Å². The van der Waals surface area contributed by atoms with Crippen LogP contribution in [0.4, 0.5) is 0 Å². The quantitative estimate of drug-likeness (QED) is 0.862. The zero-order valence-electron chi connectivity index (χ0n) is 9.48. The van der Waals surface area contributed by atoms with E-state index in [1.807, 2.05) is 43.1 Å². The summed E-state index contributed by atoms with van der Waals surface area (Å²) < 4.78 is 0. The van der Waals surface area contributed by atoms with Crippen molar-refractivity contribution in [3.05, 3.63) is 34.9 Å². The van der Waals surface area contributed by atoms with E-state index in [4.69, 9.17) is 16.7 Å². The normalized spacial score (nSPS) is 12.8. The molecule has 0 radical (unpaired) electrons. The van der Waals surface area contributed by atoms with Gasteiger partial charge in [0.25, 0.3) is 0 Å². The summed E-state index contributed by atoms with van der Waals surface area (Å²) in [6.45, 7) is 2.08. The minimum absolute atomic E-state index is 0.0428. The van der Waals surface area contributed by atoms with Crippen LogP contribution in [0, 0.1) is 0 Å². The van der Waals surface area contributed by atoms with Gasteiger partial charge in [-0.2, -0.15) is 0 Å². The van der Waals surface area contributed by atoms with Crippen LogP contribution in [0.15, 0.2) is 24.3 Å². The van der Waals surface area contributed by atoms with Crippen LogP contribution in [0.5, 0.6) is 0 Å². The van der Waals surface area contributed by atoms with Gasteiger partial charge < -0.3 is 5.11 Å². The third-order valence-corrected chi connectivity index (χ3v) is 2.81. The topological polar surface area (TPSA) is 40.5 Å². The van der Waals surface area contributed by atoms with E-state index < -0.39 is 5.97 Å². The molecule has 1 atom stereocenters. The monoisotopic (exact) mass is 241 g/mol. The number of aliphatic carboxylic acids is 1. The number of rotatable bonds is 5. The van der Waals surface area contributed by atoms with E-state index in [1.54, 1.807) is 0 Å². The molecule has 4 heteroatoms. The molecule has 1 rings (SSSR count). The van der Waals surface area contributed by atoms with Crippen LogP contribution in [0.2, 0.25) is 5.02 Å². The molecule has 3 nitrogen and oxygen atoms in total. The Hall–Kier alpha value is -1.06. The lowest BCUT2D eigenvalue weighted by molar-refractivity contribution is -0.138. The number of nitrogens with zero attached hydrogens (tertiary/aromatic N) is 1. The summed E-state index contributed by atoms with van der Waals surface area (Å²) in [5, 5.41) is 9.45. The molecule has 0 bridgehead atoms. The smallest absolute Gasteiger partial charge is 0.317 e. The maximum atomic E-state index is 10.7. The van der Waals surface area contributed by atoms with Crippen molar-refractivity contribution in [2.75, 3.05) is 13.6 Å². The second kappa shape index (κ2) is 5.87. The Balaban J connectivity index is 2.81. The standard InChI is InChI=1S/C12H16ClNO2/c1-3-11(14(2)8-12(15)16)9-4-6-10(13)7-5-9/h4-7,11H,3,8H2,1-2H3,(H,15,16). The van der Waals surface area contributed by atoms with E-state index in [0.29, 0.717) is 5.02 Å². The molecule has 0 saturated heterocycles. The zero-order chi connectivity index (χ0) is 12.1. The maximum absolute atomic E-state index is 10.7. The Morgan fingerprint density at radius 3 is 2.44 bits per heavy atom. The average Bonchev–Trinajstić information content (AvgIpc) is 2.21. The number of benzene rings is 1. The molecule has 1 unspecified atom stereocenters. The largest absolute Gasteiger partial charge is 0.480 e. The molecule has 0 aromatic heterocycles. The second-order valence-corrected chi connectivity index (χ2v) is 4.22. The fourth-order valence-corrected chi connectivity index (χ4v) is 1.94. The number of carbonyl (C=O) groups is 1. The molecule has 0 heterocycles. The number of hydrogen-bond acceptors (Lipinski definition) is 2. The van der Waals surface area contributed by atoms with Crippen molar-refractivity contribution in [1.82, 2.24) is 4.90 Å². The van der Waals surface area contributed by atoms with Gasteiger partial charge in [-0.3, -0.25) is 9.69 Å². The summed E-state index contributed by atoms with van der Waals surface area (Å²) in [7, 11) is 1.82. The Kier molecular flexibility index (Phi) is 4.77. The fourth-order valence-electron chi connectivity index (χ4n) is 1.81. The summed E-state index contributed by atoms with van der Waals surface area (Å²) in [5.41, 5.74) is 1.09. The minimum atomic E-state index is -0.810. The molecule has 0 amide bonds. The van der Waals surface area contributed by atoms with Crippen LogP contribution in [0.1, 0.15) is 24.9 Å². The van der Waals surface area contributed by atoms with E-state index in [-0.39, 0.29) is 12.6 Å². The number of carboxylic acids is 1. The van der Waals surface area contributed by atoms with Crippen molar-refractivity contribution in [2.45, 2.75) is 19.4 Å². The molecule has 0 saturated carbocycles. The van der Waals surface area contributed by atoms with Crippen molar-refractivity contribution >= 4 is 17.6 Å². The molecule has 1 aromatic carbocycles. The van der Waals surface area contributed by atoms with Crippen molar-refractivity contribution in [1.29, 1.82) is 0 Å². The molecule has 0 aliphatic carbocycles. The Bertz CT molecular complexity index is 351. The number of halogens is 1. The van der Waals surface area contributed by atoms with Crippen molar-refractivity contribution in [2.24, 2.45) is 0 Å². The summed E-state index contributed by atoms with van der Waals surface area (Å²) in [4.78, 5) is 12.5. The summed E-state index contributed by atoms with van der Waals surface area (Å²) in [6.07, 6.45) is 0.866.